The van der Waals surface area contributed by atoms with Crippen LogP contribution in [0.25, 0.3) is 0 Å². The standard InChI is InChI=1S/C15H28N4O2.2ClH/c1-16-10-13-5-4-6-19(13)15(21)12-9-14(20)18(11-12)8-7-17(2)3;;/h12-13,16H,4-11H2,1-3H3;2*1H. The topological polar surface area (TPSA) is 55.9 Å². The summed E-state index contributed by atoms with van der Waals surface area (Å²) < 4.78 is 0. The zero-order valence-corrected chi connectivity index (χ0v) is 15.9. The van der Waals surface area contributed by atoms with Gasteiger partial charge >= 0.3 is 0 Å². The molecule has 136 valence electrons. The molecular weight excluding hydrogens is 339 g/mol. The summed E-state index contributed by atoms with van der Waals surface area (Å²) in [4.78, 5) is 30.6. The van der Waals surface area contributed by atoms with E-state index in [2.05, 4.69) is 10.2 Å². The van der Waals surface area contributed by atoms with Gasteiger partial charge in [-0.2, -0.15) is 0 Å². The lowest BCUT2D eigenvalue weighted by Crippen LogP contribution is -2.44. The van der Waals surface area contributed by atoms with E-state index in [1.54, 1.807) is 0 Å². The van der Waals surface area contributed by atoms with Crippen LogP contribution in [-0.4, -0.2) is 86.4 Å². The minimum atomic E-state index is -0.142. The quantitative estimate of drug-likeness (QED) is 0.739. The number of likely N-dealkylation sites (tertiary alicyclic amines) is 2. The van der Waals surface area contributed by atoms with Crippen LogP contribution in [-0.2, 0) is 9.59 Å². The lowest BCUT2D eigenvalue weighted by atomic mass is 10.1. The fourth-order valence-corrected chi connectivity index (χ4v) is 3.28. The van der Waals surface area contributed by atoms with E-state index in [0.717, 1.165) is 39.0 Å². The molecule has 2 saturated heterocycles. The number of nitrogens with zero attached hydrogens (tertiary/aromatic N) is 3. The average Bonchev–Trinajstić information content (AvgIpc) is 3.03. The first-order chi connectivity index (χ1) is 10.0. The van der Waals surface area contributed by atoms with Crippen LogP contribution >= 0.6 is 24.8 Å². The van der Waals surface area contributed by atoms with Gasteiger partial charge in [-0.25, -0.2) is 0 Å². The highest BCUT2D eigenvalue weighted by molar-refractivity contribution is 5.89. The number of rotatable bonds is 6. The highest BCUT2D eigenvalue weighted by atomic mass is 35.5. The molecule has 0 radical (unpaired) electrons. The van der Waals surface area contributed by atoms with Crippen molar-refractivity contribution in [3.05, 3.63) is 0 Å². The molecule has 0 saturated carbocycles. The molecule has 2 amide bonds. The Morgan fingerprint density at radius 3 is 2.65 bits per heavy atom. The van der Waals surface area contributed by atoms with Crippen LogP contribution in [0.2, 0.25) is 0 Å². The Hall–Kier alpha value is -0.560. The van der Waals surface area contributed by atoms with Gasteiger partial charge in [0.05, 0.1) is 5.92 Å². The molecule has 2 rings (SSSR count). The number of carbonyl (C=O) groups is 2. The Morgan fingerprint density at radius 1 is 1.35 bits per heavy atom. The van der Waals surface area contributed by atoms with E-state index < -0.39 is 0 Å². The second-order valence-electron chi connectivity index (χ2n) is 6.43. The van der Waals surface area contributed by atoms with Crippen LogP contribution in [0.5, 0.6) is 0 Å². The van der Waals surface area contributed by atoms with Gasteiger partial charge in [0, 0.05) is 45.2 Å². The molecule has 1 N–H and O–H groups in total. The Labute approximate surface area is 151 Å². The second kappa shape index (κ2) is 10.3. The summed E-state index contributed by atoms with van der Waals surface area (Å²) in [5, 5.41) is 3.16. The largest absolute Gasteiger partial charge is 0.341 e. The van der Waals surface area contributed by atoms with Crippen molar-refractivity contribution < 1.29 is 9.59 Å². The van der Waals surface area contributed by atoms with Gasteiger partial charge in [0.15, 0.2) is 0 Å². The van der Waals surface area contributed by atoms with Crippen molar-refractivity contribution in [2.45, 2.75) is 25.3 Å². The third kappa shape index (κ3) is 5.78. The number of carbonyl (C=O) groups excluding carboxylic acids is 2. The Morgan fingerprint density at radius 2 is 2.04 bits per heavy atom. The third-order valence-corrected chi connectivity index (χ3v) is 4.48. The lowest BCUT2D eigenvalue weighted by molar-refractivity contribution is -0.136. The first-order valence-corrected chi connectivity index (χ1v) is 7.90. The Bertz CT molecular complexity index is 396. The highest BCUT2D eigenvalue weighted by Crippen LogP contribution is 2.25. The van der Waals surface area contributed by atoms with Gasteiger partial charge in [-0.05, 0) is 34.0 Å². The highest BCUT2D eigenvalue weighted by Gasteiger charge is 2.39. The van der Waals surface area contributed by atoms with Gasteiger partial charge in [0.2, 0.25) is 11.8 Å². The molecule has 0 aromatic rings. The van der Waals surface area contributed by atoms with Crippen LogP contribution in [0.3, 0.4) is 0 Å². The van der Waals surface area contributed by atoms with Crippen molar-refractivity contribution in [1.82, 2.24) is 20.0 Å². The maximum absolute atomic E-state index is 12.7. The summed E-state index contributed by atoms with van der Waals surface area (Å²) in [5.41, 5.74) is 0. The van der Waals surface area contributed by atoms with E-state index in [-0.39, 0.29) is 42.5 Å². The van der Waals surface area contributed by atoms with Crippen molar-refractivity contribution >= 4 is 36.6 Å². The van der Waals surface area contributed by atoms with Crippen LogP contribution in [0, 0.1) is 5.92 Å². The van der Waals surface area contributed by atoms with Gasteiger partial charge in [0.25, 0.3) is 0 Å². The monoisotopic (exact) mass is 368 g/mol. The smallest absolute Gasteiger partial charge is 0.228 e. The summed E-state index contributed by atoms with van der Waals surface area (Å²) in [5.74, 6) is 0.158. The molecule has 2 aliphatic rings. The molecule has 2 heterocycles. The number of halogens is 2. The van der Waals surface area contributed by atoms with Crippen molar-refractivity contribution in [1.29, 1.82) is 0 Å². The molecule has 0 aromatic carbocycles. The average molecular weight is 369 g/mol. The lowest BCUT2D eigenvalue weighted by Gasteiger charge is -2.27. The summed E-state index contributed by atoms with van der Waals surface area (Å²) in [6, 6.07) is 0.299. The molecule has 0 aromatic heterocycles. The van der Waals surface area contributed by atoms with Crippen LogP contribution < -0.4 is 5.32 Å². The fourth-order valence-electron chi connectivity index (χ4n) is 3.28. The van der Waals surface area contributed by atoms with Gasteiger partial charge < -0.3 is 20.0 Å². The summed E-state index contributed by atoms with van der Waals surface area (Å²) in [6.45, 7) is 3.84. The van der Waals surface area contributed by atoms with Gasteiger partial charge in [-0.3, -0.25) is 9.59 Å². The molecule has 2 atom stereocenters. The van der Waals surface area contributed by atoms with Crippen molar-refractivity contribution in [2.24, 2.45) is 5.92 Å². The number of likely N-dealkylation sites (N-methyl/N-ethyl adjacent to an activating group) is 2. The van der Waals surface area contributed by atoms with Crippen LogP contribution in [0.15, 0.2) is 0 Å². The SMILES string of the molecule is CNCC1CCCN1C(=O)C1CC(=O)N(CCN(C)C)C1.Cl.Cl. The van der Waals surface area contributed by atoms with Gasteiger partial charge in [-0.15, -0.1) is 24.8 Å². The van der Waals surface area contributed by atoms with Crippen molar-refractivity contribution in [2.75, 3.05) is 53.9 Å². The van der Waals surface area contributed by atoms with Crippen LogP contribution in [0.4, 0.5) is 0 Å². The maximum atomic E-state index is 12.7. The Balaban J connectivity index is 0.00000242. The van der Waals surface area contributed by atoms with E-state index in [1.807, 2.05) is 30.9 Å². The second-order valence-corrected chi connectivity index (χ2v) is 6.43. The summed E-state index contributed by atoms with van der Waals surface area (Å²) in [6.07, 6.45) is 2.52. The first-order valence-electron chi connectivity index (χ1n) is 7.90. The number of nitrogens with one attached hydrogen (secondary N) is 1. The normalized spacial score (nSPS) is 23.9. The van der Waals surface area contributed by atoms with Gasteiger partial charge in [0.1, 0.15) is 0 Å². The molecule has 0 spiro atoms. The van der Waals surface area contributed by atoms with E-state index in [1.165, 1.54) is 0 Å². The van der Waals surface area contributed by atoms with Crippen LogP contribution in [0.1, 0.15) is 19.3 Å². The maximum Gasteiger partial charge on any atom is 0.228 e. The number of hydrogen-bond donors (Lipinski definition) is 1. The predicted molar refractivity (Wildman–Crippen MR) is 96.4 cm³/mol. The van der Waals surface area contributed by atoms with E-state index in [9.17, 15) is 9.59 Å². The minimum absolute atomic E-state index is 0. The zero-order valence-electron chi connectivity index (χ0n) is 14.3. The molecule has 2 aliphatic heterocycles. The van der Waals surface area contributed by atoms with E-state index in [0.29, 0.717) is 19.0 Å². The summed E-state index contributed by atoms with van der Waals surface area (Å²) in [7, 11) is 5.91. The zero-order chi connectivity index (χ0) is 15.4. The first kappa shape index (κ1) is 22.4. The predicted octanol–water partition coefficient (Wildman–Crippen LogP) is 0.450. The Kier molecular flexibility index (Phi) is 10.1. The van der Waals surface area contributed by atoms with Gasteiger partial charge in [-0.1, -0.05) is 0 Å². The van der Waals surface area contributed by atoms with E-state index in [4.69, 9.17) is 0 Å². The van der Waals surface area contributed by atoms with Crippen molar-refractivity contribution in [3.8, 4) is 0 Å². The summed E-state index contributed by atoms with van der Waals surface area (Å²) >= 11 is 0. The molecule has 2 unspecified atom stereocenters. The molecule has 2 fully saturated rings. The fraction of sp³-hybridized carbons (Fsp3) is 0.867. The number of hydrogen-bond acceptors (Lipinski definition) is 4. The molecule has 6 nitrogen and oxygen atoms in total. The third-order valence-electron chi connectivity index (χ3n) is 4.48. The minimum Gasteiger partial charge on any atom is -0.341 e. The molecule has 0 bridgehead atoms. The molecule has 0 aliphatic carbocycles. The van der Waals surface area contributed by atoms with Crippen molar-refractivity contribution in [3.63, 3.8) is 0 Å². The van der Waals surface area contributed by atoms with E-state index >= 15 is 0 Å². The number of amides is 2. The molecule has 23 heavy (non-hydrogen) atoms. The molecular formula is C15H30Cl2N4O2. The molecule has 8 heteroatoms.